The van der Waals surface area contributed by atoms with Crippen LogP contribution >= 0.6 is 22.9 Å². The van der Waals surface area contributed by atoms with E-state index in [1.165, 1.54) is 10.4 Å². The summed E-state index contributed by atoms with van der Waals surface area (Å²) in [6.07, 6.45) is 0. The topological polar surface area (TPSA) is 32.7 Å². The fraction of sp³-hybridized carbons (Fsp3) is 0.250. The van der Waals surface area contributed by atoms with Crippen LogP contribution in [0.5, 0.6) is 0 Å². The van der Waals surface area contributed by atoms with Crippen molar-refractivity contribution in [3.63, 3.8) is 0 Å². The average molecular weight is 319 g/mol. The van der Waals surface area contributed by atoms with Crippen molar-refractivity contribution < 1.29 is 4.79 Å². The van der Waals surface area contributed by atoms with Crippen LogP contribution in [0.15, 0.2) is 29.3 Å². The van der Waals surface area contributed by atoms with Gasteiger partial charge in [0, 0.05) is 28.1 Å². The molecule has 5 heteroatoms. The molecule has 1 aliphatic rings. The maximum Gasteiger partial charge on any atom is 0.249 e. The lowest BCUT2D eigenvalue weighted by atomic mass is 10.00. The highest BCUT2D eigenvalue weighted by Gasteiger charge is 2.27. The van der Waals surface area contributed by atoms with E-state index in [1.807, 2.05) is 31.3 Å². The Morgan fingerprint density at radius 1 is 1.24 bits per heavy atom. The van der Waals surface area contributed by atoms with E-state index in [0.717, 1.165) is 21.8 Å². The minimum Gasteiger partial charge on any atom is -0.305 e. The number of aryl methyl sites for hydroxylation is 1. The monoisotopic (exact) mass is 318 g/mol. The van der Waals surface area contributed by atoms with E-state index in [-0.39, 0.29) is 12.5 Å². The van der Waals surface area contributed by atoms with Crippen LogP contribution in [0.3, 0.4) is 0 Å². The second kappa shape index (κ2) is 5.28. The summed E-state index contributed by atoms with van der Waals surface area (Å²) >= 11 is 7.61. The lowest BCUT2D eigenvalue weighted by molar-refractivity contribution is -0.116. The highest BCUT2D eigenvalue weighted by molar-refractivity contribution is 7.17. The summed E-state index contributed by atoms with van der Waals surface area (Å²) in [4.78, 5) is 19.6. The summed E-state index contributed by atoms with van der Waals surface area (Å²) < 4.78 is 0. The molecule has 1 aromatic carbocycles. The van der Waals surface area contributed by atoms with Crippen LogP contribution in [-0.4, -0.2) is 25.2 Å². The second-order valence-electron chi connectivity index (χ2n) is 5.09. The van der Waals surface area contributed by atoms with Crippen LogP contribution in [0.4, 0.5) is 5.00 Å². The molecule has 0 radical (unpaired) electrons. The second-order valence-corrected chi connectivity index (χ2v) is 6.73. The number of aliphatic imine (C=N–C) groups is 1. The number of carbonyl (C=O) groups is 1. The molecule has 1 aliphatic heterocycles. The number of likely N-dealkylation sites (N-methyl/N-ethyl adjacent to an activating group) is 1. The lowest BCUT2D eigenvalue weighted by Crippen LogP contribution is -2.26. The normalized spacial score (nSPS) is 14.8. The Morgan fingerprint density at radius 3 is 2.57 bits per heavy atom. The fourth-order valence-corrected chi connectivity index (χ4v) is 3.67. The van der Waals surface area contributed by atoms with Gasteiger partial charge in [0.2, 0.25) is 5.91 Å². The Labute approximate surface area is 132 Å². The third-order valence-electron chi connectivity index (χ3n) is 3.77. The smallest absolute Gasteiger partial charge is 0.249 e. The largest absolute Gasteiger partial charge is 0.305 e. The molecule has 0 aliphatic carbocycles. The fourth-order valence-electron chi connectivity index (χ4n) is 2.41. The van der Waals surface area contributed by atoms with Gasteiger partial charge in [0.1, 0.15) is 11.5 Å². The third kappa shape index (κ3) is 2.39. The zero-order valence-electron chi connectivity index (χ0n) is 12.1. The summed E-state index contributed by atoms with van der Waals surface area (Å²) in [6, 6.07) is 7.61. The van der Waals surface area contributed by atoms with Crippen LogP contribution in [0.1, 0.15) is 21.6 Å². The molecule has 1 amide bonds. The molecule has 0 saturated carbocycles. The number of halogens is 1. The molecule has 0 spiro atoms. The highest BCUT2D eigenvalue weighted by Crippen LogP contribution is 2.38. The number of rotatable bonds is 1. The molecule has 2 heterocycles. The van der Waals surface area contributed by atoms with E-state index >= 15 is 0 Å². The predicted octanol–water partition coefficient (Wildman–Crippen LogP) is 3.83. The molecule has 0 atom stereocenters. The SMILES string of the molecule is Cc1sc2c(c1C)C(c1ccc(Cl)cc1)=NCC(=O)N2C. The van der Waals surface area contributed by atoms with Crippen LogP contribution in [0, 0.1) is 13.8 Å². The third-order valence-corrected chi connectivity index (χ3v) is 5.31. The Kier molecular flexibility index (Phi) is 3.59. The first-order valence-corrected chi connectivity index (χ1v) is 7.85. The van der Waals surface area contributed by atoms with Crippen molar-refractivity contribution in [2.75, 3.05) is 18.5 Å². The minimum atomic E-state index is 0.0152. The Morgan fingerprint density at radius 2 is 1.90 bits per heavy atom. The number of hydrogen-bond donors (Lipinski definition) is 0. The van der Waals surface area contributed by atoms with Crippen molar-refractivity contribution in [3.05, 3.63) is 50.9 Å². The zero-order chi connectivity index (χ0) is 15.1. The molecule has 2 aromatic rings. The summed E-state index contributed by atoms with van der Waals surface area (Å²) in [5, 5.41) is 1.67. The van der Waals surface area contributed by atoms with Gasteiger partial charge in [-0.25, -0.2) is 0 Å². The predicted molar refractivity (Wildman–Crippen MR) is 89.2 cm³/mol. The van der Waals surface area contributed by atoms with Gasteiger partial charge in [0.05, 0.1) is 5.71 Å². The van der Waals surface area contributed by atoms with Gasteiger partial charge in [0.25, 0.3) is 0 Å². The maximum atomic E-state index is 12.1. The van der Waals surface area contributed by atoms with Crippen LogP contribution in [0.25, 0.3) is 0 Å². The molecular weight excluding hydrogens is 304 g/mol. The number of thiophene rings is 1. The molecular formula is C16H15ClN2OS. The molecule has 0 fully saturated rings. The quantitative estimate of drug-likeness (QED) is 0.786. The van der Waals surface area contributed by atoms with Crippen molar-refractivity contribution in [2.24, 2.45) is 4.99 Å². The molecule has 0 bridgehead atoms. The van der Waals surface area contributed by atoms with E-state index in [4.69, 9.17) is 11.6 Å². The first kappa shape index (κ1) is 14.3. The zero-order valence-corrected chi connectivity index (χ0v) is 13.7. The lowest BCUT2D eigenvalue weighted by Gasteiger charge is -2.14. The molecule has 0 N–H and O–H groups in total. The summed E-state index contributed by atoms with van der Waals surface area (Å²) in [6.45, 7) is 4.33. The van der Waals surface area contributed by atoms with E-state index in [0.29, 0.717) is 5.02 Å². The summed E-state index contributed by atoms with van der Waals surface area (Å²) in [5.74, 6) is 0.0152. The van der Waals surface area contributed by atoms with Gasteiger partial charge in [0.15, 0.2) is 0 Å². The minimum absolute atomic E-state index is 0.0152. The van der Waals surface area contributed by atoms with Crippen LogP contribution < -0.4 is 4.90 Å². The van der Waals surface area contributed by atoms with Gasteiger partial charge in [-0.1, -0.05) is 23.7 Å². The molecule has 3 nitrogen and oxygen atoms in total. The average Bonchev–Trinajstić information content (AvgIpc) is 2.70. The Balaban J connectivity index is 2.23. The van der Waals surface area contributed by atoms with Gasteiger partial charge in [-0.3, -0.25) is 9.79 Å². The molecule has 0 saturated heterocycles. The van der Waals surface area contributed by atoms with Gasteiger partial charge in [-0.2, -0.15) is 0 Å². The first-order chi connectivity index (χ1) is 9.99. The Hall–Kier alpha value is -1.65. The van der Waals surface area contributed by atoms with Crippen LogP contribution in [-0.2, 0) is 4.79 Å². The number of anilines is 1. The van der Waals surface area contributed by atoms with Gasteiger partial charge in [-0.05, 0) is 31.5 Å². The van der Waals surface area contributed by atoms with Crippen molar-refractivity contribution in [2.45, 2.75) is 13.8 Å². The van der Waals surface area contributed by atoms with Crippen molar-refractivity contribution in [1.29, 1.82) is 0 Å². The number of nitrogens with zero attached hydrogens (tertiary/aromatic N) is 2. The molecule has 108 valence electrons. The van der Waals surface area contributed by atoms with E-state index < -0.39 is 0 Å². The van der Waals surface area contributed by atoms with E-state index in [9.17, 15) is 4.79 Å². The van der Waals surface area contributed by atoms with Crippen molar-refractivity contribution in [1.82, 2.24) is 0 Å². The van der Waals surface area contributed by atoms with Crippen molar-refractivity contribution >= 4 is 39.6 Å². The van der Waals surface area contributed by atoms with Gasteiger partial charge >= 0.3 is 0 Å². The van der Waals surface area contributed by atoms with Gasteiger partial charge < -0.3 is 4.90 Å². The van der Waals surface area contributed by atoms with Crippen LogP contribution in [0.2, 0.25) is 5.02 Å². The van der Waals surface area contributed by atoms with Gasteiger partial charge in [-0.15, -0.1) is 11.3 Å². The Bertz CT molecular complexity index is 746. The summed E-state index contributed by atoms with van der Waals surface area (Å²) in [5.41, 5.74) is 4.12. The molecule has 21 heavy (non-hydrogen) atoms. The number of benzene rings is 1. The maximum absolute atomic E-state index is 12.1. The van der Waals surface area contributed by atoms with E-state index in [2.05, 4.69) is 18.8 Å². The summed E-state index contributed by atoms with van der Waals surface area (Å²) in [7, 11) is 1.82. The van der Waals surface area contributed by atoms with Crippen molar-refractivity contribution in [3.8, 4) is 0 Å². The van der Waals surface area contributed by atoms with E-state index in [1.54, 1.807) is 16.2 Å². The number of amides is 1. The highest BCUT2D eigenvalue weighted by atomic mass is 35.5. The standard InChI is InChI=1S/C16H15ClN2OS/c1-9-10(2)21-16-14(9)15(18-8-13(20)19(16)3)11-4-6-12(17)7-5-11/h4-7H,8H2,1-3H3. The number of fused-ring (bicyclic) bond motifs is 1. The number of hydrogen-bond acceptors (Lipinski definition) is 3. The molecule has 0 unspecified atom stereocenters. The first-order valence-electron chi connectivity index (χ1n) is 6.66. The number of carbonyl (C=O) groups excluding carboxylic acids is 1. The molecule has 3 rings (SSSR count). The molecule has 1 aromatic heterocycles.